The van der Waals surface area contributed by atoms with E-state index in [0.717, 1.165) is 44.0 Å². The molecule has 25 heavy (non-hydrogen) atoms. The molecule has 1 N–H and O–H groups in total. The van der Waals surface area contributed by atoms with Crippen molar-refractivity contribution in [1.82, 2.24) is 10.2 Å². The Hall–Kier alpha value is -1.17. The van der Waals surface area contributed by atoms with Crippen LogP contribution in [-0.2, 0) is 11.3 Å². The maximum Gasteiger partial charge on any atom is 0.123 e. The minimum absolute atomic E-state index is 0.173. The van der Waals surface area contributed by atoms with Gasteiger partial charge >= 0.3 is 0 Å². The zero-order valence-electron chi connectivity index (χ0n) is 13.9. The van der Waals surface area contributed by atoms with Gasteiger partial charge in [-0.25, -0.2) is 4.39 Å². The molecule has 0 aromatic heterocycles. The third kappa shape index (κ3) is 5.16. The van der Waals surface area contributed by atoms with Gasteiger partial charge in [0.2, 0.25) is 0 Å². The van der Waals surface area contributed by atoms with Gasteiger partial charge in [-0.1, -0.05) is 41.4 Å². The van der Waals surface area contributed by atoms with E-state index in [0.29, 0.717) is 16.6 Å². The van der Waals surface area contributed by atoms with Gasteiger partial charge in [0.25, 0.3) is 0 Å². The Labute approximate surface area is 157 Å². The Balaban J connectivity index is 1.66. The van der Waals surface area contributed by atoms with E-state index in [2.05, 4.69) is 10.2 Å². The first-order valence-corrected chi connectivity index (χ1v) is 9.11. The molecule has 0 spiro atoms. The summed E-state index contributed by atoms with van der Waals surface area (Å²) in [6.07, 6.45) is 0. The fourth-order valence-corrected chi connectivity index (χ4v) is 3.36. The maximum absolute atomic E-state index is 13.3. The molecule has 1 fully saturated rings. The van der Waals surface area contributed by atoms with E-state index in [4.69, 9.17) is 27.9 Å². The number of halogens is 3. The lowest BCUT2D eigenvalue weighted by atomic mass is 10.0. The molecule has 134 valence electrons. The summed E-state index contributed by atoms with van der Waals surface area (Å²) in [4.78, 5) is 2.37. The van der Waals surface area contributed by atoms with E-state index in [9.17, 15) is 4.39 Å². The number of ether oxygens (including phenoxy) is 1. The van der Waals surface area contributed by atoms with Gasteiger partial charge in [0.15, 0.2) is 0 Å². The molecule has 0 bridgehead atoms. The summed E-state index contributed by atoms with van der Waals surface area (Å²) in [5.74, 6) is -0.215. The highest BCUT2D eigenvalue weighted by Crippen LogP contribution is 2.24. The van der Waals surface area contributed by atoms with Crippen LogP contribution in [0, 0.1) is 5.82 Å². The quantitative estimate of drug-likeness (QED) is 0.805. The third-order valence-electron chi connectivity index (χ3n) is 4.39. The molecular weight excluding hydrogens is 362 g/mol. The lowest BCUT2D eigenvalue weighted by Gasteiger charge is -2.35. The predicted molar refractivity (Wildman–Crippen MR) is 99.7 cm³/mol. The van der Waals surface area contributed by atoms with E-state index in [-0.39, 0.29) is 11.9 Å². The smallest absolute Gasteiger partial charge is 0.123 e. The molecule has 0 radical (unpaired) electrons. The molecule has 1 saturated heterocycles. The van der Waals surface area contributed by atoms with E-state index >= 15 is 0 Å². The molecule has 1 aliphatic rings. The molecule has 1 aliphatic heterocycles. The Bertz CT molecular complexity index is 690. The van der Waals surface area contributed by atoms with Gasteiger partial charge in [-0.15, -0.1) is 0 Å². The van der Waals surface area contributed by atoms with Gasteiger partial charge in [0, 0.05) is 32.2 Å². The Morgan fingerprint density at radius 2 is 1.76 bits per heavy atom. The number of morpholine rings is 1. The Morgan fingerprint density at radius 3 is 2.44 bits per heavy atom. The summed E-state index contributed by atoms with van der Waals surface area (Å²) in [6, 6.07) is 12.6. The van der Waals surface area contributed by atoms with Crippen molar-refractivity contribution in [2.45, 2.75) is 12.6 Å². The molecule has 3 rings (SSSR count). The normalized spacial score (nSPS) is 16.8. The average Bonchev–Trinajstić information content (AvgIpc) is 2.63. The van der Waals surface area contributed by atoms with Crippen molar-refractivity contribution in [3.63, 3.8) is 0 Å². The molecule has 1 heterocycles. The molecule has 2 aromatic carbocycles. The number of rotatable bonds is 6. The van der Waals surface area contributed by atoms with Crippen molar-refractivity contribution in [1.29, 1.82) is 0 Å². The van der Waals surface area contributed by atoms with Crippen LogP contribution < -0.4 is 5.32 Å². The molecule has 3 nitrogen and oxygen atoms in total. The van der Waals surface area contributed by atoms with Crippen molar-refractivity contribution in [2.75, 3.05) is 32.8 Å². The largest absolute Gasteiger partial charge is 0.379 e. The summed E-state index contributed by atoms with van der Waals surface area (Å²) >= 11 is 12.0. The van der Waals surface area contributed by atoms with E-state index in [1.165, 1.54) is 12.1 Å². The van der Waals surface area contributed by atoms with E-state index in [1.54, 1.807) is 6.07 Å². The molecule has 1 atom stereocenters. The van der Waals surface area contributed by atoms with Gasteiger partial charge < -0.3 is 10.1 Å². The monoisotopic (exact) mass is 382 g/mol. The van der Waals surface area contributed by atoms with Crippen LogP contribution >= 0.6 is 23.2 Å². The van der Waals surface area contributed by atoms with Crippen LogP contribution in [0.5, 0.6) is 0 Å². The van der Waals surface area contributed by atoms with Gasteiger partial charge in [-0.3, -0.25) is 4.90 Å². The van der Waals surface area contributed by atoms with E-state index in [1.807, 2.05) is 24.3 Å². The van der Waals surface area contributed by atoms with Crippen molar-refractivity contribution in [2.24, 2.45) is 0 Å². The summed E-state index contributed by atoms with van der Waals surface area (Å²) in [6.45, 7) is 4.65. The lowest BCUT2D eigenvalue weighted by molar-refractivity contribution is 0.0161. The van der Waals surface area contributed by atoms with Crippen molar-refractivity contribution >= 4 is 23.2 Å². The Morgan fingerprint density at radius 1 is 1.04 bits per heavy atom. The minimum Gasteiger partial charge on any atom is -0.379 e. The first kappa shape index (κ1) is 18.6. The van der Waals surface area contributed by atoms with Crippen LogP contribution in [0.15, 0.2) is 42.5 Å². The van der Waals surface area contributed by atoms with Gasteiger partial charge in [-0.2, -0.15) is 0 Å². The maximum atomic E-state index is 13.3. The third-order valence-corrected chi connectivity index (χ3v) is 5.13. The fraction of sp³-hybridized carbons (Fsp3) is 0.368. The van der Waals surface area contributed by atoms with Crippen molar-refractivity contribution in [3.8, 4) is 0 Å². The average molecular weight is 383 g/mol. The van der Waals surface area contributed by atoms with Crippen LogP contribution in [0.2, 0.25) is 10.0 Å². The van der Waals surface area contributed by atoms with Gasteiger partial charge in [0.1, 0.15) is 5.82 Å². The molecular formula is C19H21Cl2FN2O. The predicted octanol–water partition coefficient (Wildman–Crippen LogP) is 4.30. The minimum atomic E-state index is -0.215. The van der Waals surface area contributed by atoms with Crippen LogP contribution in [-0.4, -0.2) is 37.7 Å². The topological polar surface area (TPSA) is 24.5 Å². The summed E-state index contributed by atoms with van der Waals surface area (Å²) in [5.41, 5.74) is 2.18. The molecule has 2 aromatic rings. The number of hydrogen-bond acceptors (Lipinski definition) is 3. The number of nitrogens with zero attached hydrogens (tertiary/aromatic N) is 1. The number of benzene rings is 2. The first-order valence-electron chi connectivity index (χ1n) is 8.35. The zero-order valence-corrected chi connectivity index (χ0v) is 15.4. The SMILES string of the molecule is Fc1ccc(C(CNCc2ccc(Cl)c(Cl)c2)N2CCOCC2)cc1. The van der Waals surface area contributed by atoms with Gasteiger partial charge in [-0.05, 0) is 35.4 Å². The van der Waals surface area contributed by atoms with Crippen LogP contribution in [0.25, 0.3) is 0 Å². The zero-order chi connectivity index (χ0) is 17.6. The number of nitrogens with one attached hydrogen (secondary N) is 1. The highest BCUT2D eigenvalue weighted by Gasteiger charge is 2.22. The van der Waals surface area contributed by atoms with E-state index < -0.39 is 0 Å². The van der Waals surface area contributed by atoms with Crippen LogP contribution in [0.4, 0.5) is 4.39 Å². The van der Waals surface area contributed by atoms with Crippen LogP contribution in [0.3, 0.4) is 0 Å². The molecule has 0 aliphatic carbocycles. The Kier molecular flexibility index (Phi) is 6.68. The molecule has 1 unspecified atom stereocenters. The second-order valence-corrected chi connectivity index (χ2v) is 6.91. The summed E-state index contributed by atoms with van der Waals surface area (Å²) in [7, 11) is 0. The highest BCUT2D eigenvalue weighted by atomic mass is 35.5. The first-order chi connectivity index (χ1) is 12.1. The summed E-state index contributed by atoms with van der Waals surface area (Å²) in [5, 5.41) is 4.60. The standard InChI is InChI=1S/C19H21Cl2FN2O/c20-17-6-1-14(11-18(17)21)12-23-13-19(24-7-9-25-10-8-24)15-2-4-16(22)5-3-15/h1-6,11,19,23H,7-10,12-13H2. The molecule has 0 saturated carbocycles. The molecule has 6 heteroatoms. The number of hydrogen-bond donors (Lipinski definition) is 1. The second kappa shape index (κ2) is 8.97. The van der Waals surface area contributed by atoms with Crippen molar-refractivity contribution in [3.05, 3.63) is 69.5 Å². The summed E-state index contributed by atoms with van der Waals surface area (Å²) < 4.78 is 18.7. The molecule has 0 amide bonds. The van der Waals surface area contributed by atoms with Gasteiger partial charge in [0.05, 0.1) is 23.3 Å². The lowest BCUT2D eigenvalue weighted by Crippen LogP contribution is -2.42. The van der Waals surface area contributed by atoms with Crippen LogP contribution in [0.1, 0.15) is 17.2 Å². The highest BCUT2D eigenvalue weighted by molar-refractivity contribution is 6.42. The van der Waals surface area contributed by atoms with Crippen molar-refractivity contribution < 1.29 is 9.13 Å². The second-order valence-electron chi connectivity index (χ2n) is 6.10. The fourth-order valence-electron chi connectivity index (χ4n) is 3.03.